The third kappa shape index (κ3) is 5.35. The van der Waals surface area contributed by atoms with Crippen LogP contribution in [0.5, 0.6) is 0 Å². The van der Waals surface area contributed by atoms with Gasteiger partial charge < -0.3 is 4.74 Å². The molecule has 0 atom stereocenters. The lowest BCUT2D eigenvalue weighted by Crippen LogP contribution is -2.31. The van der Waals surface area contributed by atoms with Crippen molar-refractivity contribution in [1.29, 1.82) is 0 Å². The van der Waals surface area contributed by atoms with Gasteiger partial charge in [-0.2, -0.15) is 4.31 Å². The Bertz CT molecular complexity index is 622. The Balaban J connectivity index is 3.00. The standard InChI is InChI=1S/C16H21NO3S/c1-4-5-12-17(13-6-7-14-20-3)21(18,19)16-10-8-15(2)9-11-16/h4-5,8-11H,12-14H2,1-3H3/b5-4+. The second-order valence-corrected chi connectivity index (χ2v) is 6.40. The highest BCUT2D eigenvalue weighted by atomic mass is 32.2. The molecule has 0 fully saturated rings. The number of methoxy groups -OCH3 is 1. The highest BCUT2D eigenvalue weighted by Gasteiger charge is 2.22. The molecule has 0 heterocycles. The zero-order valence-corrected chi connectivity index (χ0v) is 13.5. The van der Waals surface area contributed by atoms with E-state index >= 15 is 0 Å². The zero-order valence-electron chi connectivity index (χ0n) is 12.7. The summed E-state index contributed by atoms with van der Waals surface area (Å²) < 4.78 is 31.4. The van der Waals surface area contributed by atoms with Crippen molar-refractivity contribution in [2.45, 2.75) is 18.7 Å². The fourth-order valence-electron chi connectivity index (χ4n) is 1.60. The van der Waals surface area contributed by atoms with E-state index in [-0.39, 0.29) is 11.4 Å². The van der Waals surface area contributed by atoms with E-state index < -0.39 is 10.0 Å². The number of benzene rings is 1. The van der Waals surface area contributed by atoms with Crippen LogP contribution < -0.4 is 0 Å². The first-order valence-corrected chi connectivity index (χ1v) is 8.09. The molecule has 21 heavy (non-hydrogen) atoms. The van der Waals surface area contributed by atoms with Crippen molar-refractivity contribution < 1.29 is 13.2 Å². The Morgan fingerprint density at radius 2 is 1.90 bits per heavy atom. The Kier molecular flexibility index (Phi) is 7.17. The van der Waals surface area contributed by atoms with Crippen molar-refractivity contribution in [2.24, 2.45) is 0 Å². The lowest BCUT2D eigenvalue weighted by Gasteiger charge is -2.18. The lowest BCUT2D eigenvalue weighted by molar-refractivity contribution is 0.239. The Hall–Kier alpha value is -1.61. The SMILES string of the molecule is C/C=C/CN(CC#CCOC)S(=O)(=O)c1ccc(C)cc1. The van der Waals surface area contributed by atoms with Crippen LogP contribution in [0, 0.1) is 18.8 Å². The zero-order chi connectivity index (χ0) is 15.7. The molecule has 0 saturated heterocycles. The number of rotatable bonds is 6. The summed E-state index contributed by atoms with van der Waals surface area (Å²) in [5.41, 5.74) is 1.02. The van der Waals surface area contributed by atoms with Crippen molar-refractivity contribution in [3.63, 3.8) is 0 Å². The smallest absolute Gasteiger partial charge is 0.244 e. The normalized spacial score (nSPS) is 11.6. The topological polar surface area (TPSA) is 46.6 Å². The molecule has 0 spiro atoms. The largest absolute Gasteiger partial charge is 0.372 e. The average Bonchev–Trinajstić information content (AvgIpc) is 2.46. The first kappa shape index (κ1) is 17.4. The van der Waals surface area contributed by atoms with Crippen LogP contribution in [0.25, 0.3) is 0 Å². The summed E-state index contributed by atoms with van der Waals surface area (Å²) in [6.07, 6.45) is 3.62. The molecular weight excluding hydrogens is 286 g/mol. The molecule has 0 aromatic heterocycles. The Morgan fingerprint density at radius 1 is 1.24 bits per heavy atom. The number of hydrogen-bond donors (Lipinski definition) is 0. The van der Waals surface area contributed by atoms with Crippen LogP contribution in [0.2, 0.25) is 0 Å². The number of nitrogens with zero attached hydrogens (tertiary/aromatic N) is 1. The van der Waals surface area contributed by atoms with Crippen LogP contribution in [-0.4, -0.2) is 39.5 Å². The molecule has 1 aromatic rings. The Labute approximate surface area is 127 Å². The molecule has 0 aliphatic heterocycles. The maximum absolute atomic E-state index is 12.6. The summed E-state index contributed by atoms with van der Waals surface area (Å²) in [5.74, 6) is 5.59. The summed E-state index contributed by atoms with van der Waals surface area (Å²) in [4.78, 5) is 0.283. The molecular formula is C16H21NO3S. The van der Waals surface area contributed by atoms with Gasteiger partial charge in [-0.3, -0.25) is 0 Å². The van der Waals surface area contributed by atoms with Gasteiger partial charge in [-0.05, 0) is 26.0 Å². The second kappa shape index (κ2) is 8.63. The van der Waals surface area contributed by atoms with E-state index in [1.165, 1.54) is 4.31 Å². The summed E-state index contributed by atoms with van der Waals surface area (Å²) in [6.45, 7) is 4.51. The third-order valence-electron chi connectivity index (χ3n) is 2.80. The molecule has 5 heteroatoms. The van der Waals surface area contributed by atoms with E-state index in [9.17, 15) is 8.42 Å². The highest BCUT2D eigenvalue weighted by molar-refractivity contribution is 7.89. The molecule has 0 bridgehead atoms. The van der Waals surface area contributed by atoms with E-state index in [0.29, 0.717) is 13.2 Å². The number of ether oxygens (including phenoxy) is 1. The maximum atomic E-state index is 12.6. The van der Waals surface area contributed by atoms with Crippen LogP contribution in [0.3, 0.4) is 0 Å². The molecule has 1 aromatic carbocycles. The highest BCUT2D eigenvalue weighted by Crippen LogP contribution is 2.16. The van der Waals surface area contributed by atoms with Crippen molar-refractivity contribution in [2.75, 3.05) is 26.8 Å². The van der Waals surface area contributed by atoms with Crippen LogP contribution in [-0.2, 0) is 14.8 Å². The van der Waals surface area contributed by atoms with Crippen molar-refractivity contribution >= 4 is 10.0 Å². The van der Waals surface area contributed by atoms with E-state index in [4.69, 9.17) is 4.74 Å². The van der Waals surface area contributed by atoms with Gasteiger partial charge in [-0.15, -0.1) is 0 Å². The molecule has 0 radical (unpaired) electrons. The van der Waals surface area contributed by atoms with Gasteiger partial charge >= 0.3 is 0 Å². The van der Waals surface area contributed by atoms with Gasteiger partial charge in [0.25, 0.3) is 0 Å². The minimum absolute atomic E-state index is 0.143. The van der Waals surface area contributed by atoms with Gasteiger partial charge in [0.15, 0.2) is 0 Å². The molecule has 4 nitrogen and oxygen atoms in total. The third-order valence-corrected chi connectivity index (χ3v) is 4.63. The van der Waals surface area contributed by atoms with Gasteiger partial charge in [-0.1, -0.05) is 41.7 Å². The summed E-state index contributed by atoms with van der Waals surface area (Å²) >= 11 is 0. The molecule has 0 aliphatic carbocycles. The van der Waals surface area contributed by atoms with E-state index in [1.54, 1.807) is 37.5 Å². The maximum Gasteiger partial charge on any atom is 0.244 e. The molecule has 0 amide bonds. The Morgan fingerprint density at radius 3 is 2.48 bits per heavy atom. The minimum Gasteiger partial charge on any atom is -0.372 e. The van der Waals surface area contributed by atoms with Gasteiger partial charge in [0.1, 0.15) is 6.61 Å². The second-order valence-electron chi connectivity index (χ2n) is 4.47. The molecule has 1 rings (SSSR count). The van der Waals surface area contributed by atoms with Crippen LogP contribution in [0.4, 0.5) is 0 Å². The molecule has 0 aliphatic rings. The van der Waals surface area contributed by atoms with E-state index in [0.717, 1.165) is 5.56 Å². The van der Waals surface area contributed by atoms with Gasteiger partial charge in [0.2, 0.25) is 10.0 Å². The van der Waals surface area contributed by atoms with E-state index in [2.05, 4.69) is 11.8 Å². The van der Waals surface area contributed by atoms with Crippen molar-refractivity contribution in [3.05, 3.63) is 42.0 Å². The van der Waals surface area contributed by atoms with Gasteiger partial charge in [0, 0.05) is 13.7 Å². The molecule has 0 unspecified atom stereocenters. The molecule has 0 N–H and O–H groups in total. The van der Waals surface area contributed by atoms with E-state index in [1.807, 2.05) is 19.9 Å². The fourth-order valence-corrected chi connectivity index (χ4v) is 2.89. The average molecular weight is 307 g/mol. The van der Waals surface area contributed by atoms with Gasteiger partial charge in [-0.25, -0.2) is 8.42 Å². The fraction of sp³-hybridized carbons (Fsp3) is 0.375. The van der Waals surface area contributed by atoms with Gasteiger partial charge in [0.05, 0.1) is 11.4 Å². The quantitative estimate of drug-likeness (QED) is 0.598. The minimum atomic E-state index is -3.54. The number of aryl methyl sites for hydroxylation is 1. The molecule has 114 valence electrons. The first-order valence-electron chi connectivity index (χ1n) is 6.65. The number of sulfonamides is 1. The summed E-state index contributed by atoms with van der Waals surface area (Å²) in [6, 6.07) is 6.82. The number of hydrogen-bond acceptors (Lipinski definition) is 3. The summed E-state index contributed by atoms with van der Waals surface area (Å²) in [5, 5.41) is 0. The van der Waals surface area contributed by atoms with Crippen LogP contribution in [0.15, 0.2) is 41.3 Å². The van der Waals surface area contributed by atoms with Crippen LogP contribution >= 0.6 is 0 Å². The predicted octanol–water partition coefficient (Wildman–Crippen LogP) is 2.21. The first-order chi connectivity index (χ1) is 10.0. The van der Waals surface area contributed by atoms with Crippen molar-refractivity contribution in [3.8, 4) is 11.8 Å². The number of allylic oxidation sites excluding steroid dienone is 1. The predicted molar refractivity (Wildman–Crippen MR) is 84.4 cm³/mol. The lowest BCUT2D eigenvalue weighted by atomic mass is 10.2. The molecule has 0 saturated carbocycles. The monoisotopic (exact) mass is 307 g/mol. The van der Waals surface area contributed by atoms with Crippen LogP contribution in [0.1, 0.15) is 12.5 Å². The van der Waals surface area contributed by atoms with Crippen molar-refractivity contribution in [1.82, 2.24) is 4.31 Å². The summed E-state index contributed by atoms with van der Waals surface area (Å²) in [7, 11) is -1.99.